The zero-order valence-electron chi connectivity index (χ0n) is 19.2. The van der Waals surface area contributed by atoms with Gasteiger partial charge in [0, 0.05) is 5.56 Å². The maximum atomic E-state index is 13.0. The van der Waals surface area contributed by atoms with E-state index in [1.54, 1.807) is 24.3 Å². The Morgan fingerprint density at radius 3 is 2.49 bits per heavy atom. The summed E-state index contributed by atoms with van der Waals surface area (Å²) in [5.74, 6) is -2.55. The van der Waals surface area contributed by atoms with E-state index in [1.165, 1.54) is 29.7 Å². The number of thioether (sulfide) groups is 1. The van der Waals surface area contributed by atoms with Crippen molar-refractivity contribution in [1.82, 2.24) is 10.6 Å². The lowest BCUT2D eigenvalue weighted by Crippen LogP contribution is -2.50. The number of carbonyl (C=O) groups is 4. The Balaban J connectivity index is 1.71. The van der Waals surface area contributed by atoms with E-state index >= 15 is 0 Å². The maximum absolute atomic E-state index is 13.0. The quantitative estimate of drug-likeness (QED) is 0.348. The number of carboxylic acid groups (broad SMARTS) is 1. The summed E-state index contributed by atoms with van der Waals surface area (Å²) in [7, 11) is 0. The number of nitrogens with one attached hydrogen (secondary N) is 2. The smallest absolute Gasteiger partial charge is 0.326 e. The Morgan fingerprint density at radius 2 is 1.83 bits per heavy atom. The van der Waals surface area contributed by atoms with Gasteiger partial charge in [-0.1, -0.05) is 73.7 Å². The average molecular weight is 512 g/mol. The van der Waals surface area contributed by atoms with Crippen LogP contribution in [-0.4, -0.2) is 45.2 Å². The summed E-state index contributed by atoms with van der Waals surface area (Å²) in [4.78, 5) is 51.3. The fourth-order valence-electron chi connectivity index (χ4n) is 3.37. The highest BCUT2D eigenvalue weighted by Gasteiger charge is 2.33. The molecule has 0 aliphatic carbocycles. The standard InChI is InChI=1S/C25H25N3O5S2/c1-3-8-19(24(32)33)27-21(29)15(2)26-22(30)17-11-7-12-18(14-17)28-23(31)20(35-25(28)34)13-16-9-5-4-6-10-16/h4-7,9-15,19H,3,8H2,1-2H3,(H,26,30)(H,27,29)(H,32,33)/b20-13-. The van der Waals surface area contributed by atoms with Crippen molar-refractivity contribution in [3.63, 3.8) is 0 Å². The molecular formula is C25H25N3O5S2. The van der Waals surface area contributed by atoms with Crippen molar-refractivity contribution in [3.05, 3.63) is 70.6 Å². The van der Waals surface area contributed by atoms with Gasteiger partial charge in [0.1, 0.15) is 12.1 Å². The van der Waals surface area contributed by atoms with E-state index in [2.05, 4.69) is 10.6 Å². The summed E-state index contributed by atoms with van der Waals surface area (Å²) >= 11 is 6.59. The number of amides is 3. The number of thiocarbonyl (C=S) groups is 1. The van der Waals surface area contributed by atoms with Gasteiger partial charge >= 0.3 is 5.97 Å². The van der Waals surface area contributed by atoms with E-state index in [9.17, 15) is 24.3 Å². The van der Waals surface area contributed by atoms with Crippen LogP contribution in [0.3, 0.4) is 0 Å². The molecule has 2 aromatic carbocycles. The number of rotatable bonds is 9. The van der Waals surface area contributed by atoms with Gasteiger partial charge in [0.2, 0.25) is 5.91 Å². The summed E-state index contributed by atoms with van der Waals surface area (Å²) in [6, 6.07) is 13.8. The van der Waals surface area contributed by atoms with E-state index in [0.717, 1.165) is 5.56 Å². The molecule has 0 aromatic heterocycles. The molecule has 2 unspecified atom stereocenters. The highest BCUT2D eigenvalue weighted by molar-refractivity contribution is 8.27. The van der Waals surface area contributed by atoms with Gasteiger partial charge in [-0.2, -0.15) is 0 Å². The lowest BCUT2D eigenvalue weighted by Gasteiger charge is -2.19. The van der Waals surface area contributed by atoms with Crippen molar-refractivity contribution in [2.45, 2.75) is 38.8 Å². The Bertz CT molecular complexity index is 1180. The van der Waals surface area contributed by atoms with Gasteiger partial charge in [-0.05, 0) is 43.2 Å². The van der Waals surface area contributed by atoms with Crippen molar-refractivity contribution in [2.75, 3.05) is 4.90 Å². The number of hydrogen-bond acceptors (Lipinski definition) is 6. The van der Waals surface area contributed by atoms with Crippen molar-refractivity contribution >= 4 is 63.8 Å². The van der Waals surface area contributed by atoms with Gasteiger partial charge in [0.05, 0.1) is 10.6 Å². The highest BCUT2D eigenvalue weighted by atomic mass is 32.2. The molecule has 3 amide bonds. The van der Waals surface area contributed by atoms with Gasteiger partial charge in [-0.25, -0.2) is 4.79 Å². The van der Waals surface area contributed by atoms with Crippen LogP contribution in [0.2, 0.25) is 0 Å². The van der Waals surface area contributed by atoms with E-state index in [1.807, 2.05) is 37.3 Å². The van der Waals surface area contributed by atoms with Gasteiger partial charge in [0.15, 0.2) is 4.32 Å². The van der Waals surface area contributed by atoms with E-state index in [-0.39, 0.29) is 17.9 Å². The minimum absolute atomic E-state index is 0.228. The van der Waals surface area contributed by atoms with E-state index in [0.29, 0.717) is 21.3 Å². The second kappa shape index (κ2) is 11.8. The van der Waals surface area contributed by atoms with Crippen LogP contribution in [0.5, 0.6) is 0 Å². The van der Waals surface area contributed by atoms with Crippen molar-refractivity contribution in [1.29, 1.82) is 0 Å². The zero-order valence-corrected chi connectivity index (χ0v) is 20.8. The molecule has 2 atom stereocenters. The first-order chi connectivity index (χ1) is 16.7. The number of carboxylic acids is 1. The molecular weight excluding hydrogens is 486 g/mol. The highest BCUT2D eigenvalue weighted by Crippen LogP contribution is 2.36. The Hall–Kier alpha value is -3.50. The zero-order chi connectivity index (χ0) is 25.5. The third-order valence-corrected chi connectivity index (χ3v) is 6.49. The molecule has 35 heavy (non-hydrogen) atoms. The molecule has 0 spiro atoms. The van der Waals surface area contributed by atoms with Gasteiger partial charge in [0.25, 0.3) is 11.8 Å². The monoisotopic (exact) mass is 511 g/mol. The molecule has 2 aromatic rings. The van der Waals surface area contributed by atoms with Gasteiger partial charge < -0.3 is 15.7 Å². The molecule has 0 bridgehead atoms. The SMILES string of the molecule is CCCC(NC(=O)C(C)NC(=O)c1cccc(N2C(=O)/C(=C/c3ccccc3)SC2=S)c1)C(=O)O. The van der Waals surface area contributed by atoms with Crippen LogP contribution < -0.4 is 15.5 Å². The summed E-state index contributed by atoms with van der Waals surface area (Å²) in [6.07, 6.45) is 2.63. The normalized spacial score (nSPS) is 16.2. The first-order valence-corrected chi connectivity index (χ1v) is 12.2. The molecule has 3 N–H and O–H groups in total. The number of nitrogens with zero attached hydrogens (tertiary/aromatic N) is 1. The Labute approximate surface area is 212 Å². The van der Waals surface area contributed by atoms with Crippen LogP contribution in [0.1, 0.15) is 42.6 Å². The molecule has 0 radical (unpaired) electrons. The van der Waals surface area contributed by atoms with Crippen molar-refractivity contribution < 1.29 is 24.3 Å². The minimum Gasteiger partial charge on any atom is -0.480 e. The molecule has 1 aliphatic rings. The molecule has 10 heteroatoms. The second-order valence-electron chi connectivity index (χ2n) is 7.86. The molecule has 8 nitrogen and oxygen atoms in total. The largest absolute Gasteiger partial charge is 0.480 e. The number of hydrogen-bond donors (Lipinski definition) is 3. The van der Waals surface area contributed by atoms with Crippen LogP contribution in [0.15, 0.2) is 59.5 Å². The molecule has 1 aliphatic heterocycles. The Morgan fingerprint density at radius 1 is 1.11 bits per heavy atom. The van der Waals surface area contributed by atoms with Crippen molar-refractivity contribution in [3.8, 4) is 0 Å². The Kier molecular flexibility index (Phi) is 8.78. The summed E-state index contributed by atoms with van der Waals surface area (Å²) < 4.78 is 0.345. The molecule has 1 fully saturated rings. The number of carbonyl (C=O) groups excluding carboxylic acids is 3. The topological polar surface area (TPSA) is 116 Å². The van der Waals surface area contributed by atoms with Crippen molar-refractivity contribution in [2.24, 2.45) is 0 Å². The fourth-order valence-corrected chi connectivity index (χ4v) is 4.66. The predicted octanol–water partition coefficient (Wildman–Crippen LogP) is 3.58. The van der Waals surface area contributed by atoms with Crippen LogP contribution in [0.25, 0.3) is 6.08 Å². The number of benzene rings is 2. The van der Waals surface area contributed by atoms with Crippen LogP contribution in [-0.2, 0) is 14.4 Å². The lowest BCUT2D eigenvalue weighted by molar-refractivity contribution is -0.142. The molecule has 3 rings (SSSR count). The second-order valence-corrected chi connectivity index (χ2v) is 9.54. The fraction of sp³-hybridized carbons (Fsp3) is 0.240. The summed E-state index contributed by atoms with van der Waals surface area (Å²) in [5.41, 5.74) is 1.53. The third-order valence-electron chi connectivity index (χ3n) is 5.19. The first kappa shape index (κ1) is 26.1. The van der Waals surface area contributed by atoms with Crippen LogP contribution in [0.4, 0.5) is 5.69 Å². The molecule has 182 valence electrons. The molecule has 1 heterocycles. The third kappa shape index (κ3) is 6.55. The van der Waals surface area contributed by atoms with Crippen LogP contribution in [0, 0.1) is 0 Å². The summed E-state index contributed by atoms with van der Waals surface area (Å²) in [5, 5.41) is 14.2. The van der Waals surface area contributed by atoms with E-state index < -0.39 is 29.9 Å². The summed E-state index contributed by atoms with van der Waals surface area (Å²) in [6.45, 7) is 3.29. The average Bonchev–Trinajstić information content (AvgIpc) is 3.11. The van der Waals surface area contributed by atoms with Gasteiger partial charge in [-0.15, -0.1) is 0 Å². The maximum Gasteiger partial charge on any atom is 0.326 e. The lowest BCUT2D eigenvalue weighted by atomic mass is 10.1. The number of anilines is 1. The predicted molar refractivity (Wildman–Crippen MR) is 140 cm³/mol. The molecule has 1 saturated heterocycles. The van der Waals surface area contributed by atoms with Gasteiger partial charge in [-0.3, -0.25) is 19.3 Å². The molecule has 0 saturated carbocycles. The van der Waals surface area contributed by atoms with E-state index in [4.69, 9.17) is 12.2 Å². The minimum atomic E-state index is -1.13. The van der Waals surface area contributed by atoms with Crippen LogP contribution >= 0.6 is 24.0 Å². The number of aliphatic carboxylic acids is 1. The first-order valence-electron chi connectivity index (χ1n) is 11.0.